The number of anilines is 1. The molecule has 2 aromatic rings. The van der Waals surface area contributed by atoms with Crippen molar-refractivity contribution in [2.45, 2.75) is 0 Å². The largest absolute Gasteiger partial charge is 0.497 e. The minimum absolute atomic E-state index is 0.508. The van der Waals surface area contributed by atoms with Crippen LogP contribution in [-0.2, 0) is 0 Å². The lowest BCUT2D eigenvalue weighted by Crippen LogP contribution is -1.84. The van der Waals surface area contributed by atoms with E-state index in [0.29, 0.717) is 15.7 Å². The normalized spacial score (nSPS) is 10.3. The molecule has 2 N–H and O–H groups in total. The number of rotatable bonds is 2. The molecule has 0 saturated carbocycles. The molecule has 0 spiro atoms. The maximum Gasteiger partial charge on any atom is 0.126 e. The summed E-state index contributed by atoms with van der Waals surface area (Å²) in [7, 11) is 1.62. The lowest BCUT2D eigenvalue weighted by Gasteiger charge is -2.02. The van der Waals surface area contributed by atoms with Gasteiger partial charge >= 0.3 is 0 Å². The summed E-state index contributed by atoms with van der Waals surface area (Å²) in [6, 6.07) is 7.55. The van der Waals surface area contributed by atoms with Gasteiger partial charge in [0.05, 0.1) is 7.11 Å². The van der Waals surface area contributed by atoms with Crippen molar-refractivity contribution in [1.82, 2.24) is 4.37 Å². The molecule has 0 aliphatic rings. The molecule has 78 valence electrons. The van der Waals surface area contributed by atoms with E-state index in [1.54, 1.807) is 7.11 Å². The van der Waals surface area contributed by atoms with Crippen LogP contribution in [0.1, 0.15) is 0 Å². The van der Waals surface area contributed by atoms with Crippen LogP contribution in [-0.4, -0.2) is 11.5 Å². The molecule has 3 nitrogen and oxygen atoms in total. The molecule has 0 aliphatic carbocycles. The first-order valence-electron chi connectivity index (χ1n) is 4.27. The fourth-order valence-corrected chi connectivity index (χ4v) is 2.11. The highest BCUT2D eigenvalue weighted by Gasteiger charge is 2.11. The number of nitrogen functional groups attached to an aromatic ring is 1. The van der Waals surface area contributed by atoms with E-state index in [-0.39, 0.29) is 0 Å². The number of nitrogens with zero attached hydrogens (tertiary/aromatic N) is 1. The number of methoxy groups -OCH3 is 1. The Bertz CT molecular complexity index is 484. The van der Waals surface area contributed by atoms with Crippen LogP contribution >= 0.6 is 23.1 Å². The van der Waals surface area contributed by atoms with Crippen LogP contribution in [0.3, 0.4) is 0 Å². The number of hydrogen-bond acceptors (Lipinski definition) is 4. The second-order valence-electron chi connectivity index (χ2n) is 2.94. The van der Waals surface area contributed by atoms with Crippen LogP contribution in [0.2, 0.25) is 5.02 Å². The van der Waals surface area contributed by atoms with Gasteiger partial charge in [0.1, 0.15) is 21.5 Å². The first kappa shape index (κ1) is 10.3. The number of ether oxygens (including phenoxy) is 1. The van der Waals surface area contributed by atoms with Gasteiger partial charge in [-0.05, 0) is 23.7 Å². The minimum Gasteiger partial charge on any atom is -0.497 e. The van der Waals surface area contributed by atoms with Gasteiger partial charge < -0.3 is 10.5 Å². The zero-order valence-corrected chi connectivity index (χ0v) is 9.60. The topological polar surface area (TPSA) is 48.1 Å². The molecule has 1 aromatic carbocycles. The number of aromatic nitrogens is 1. The minimum atomic E-state index is 0.508. The predicted octanol–water partition coefficient (Wildman–Crippen LogP) is 3.05. The summed E-state index contributed by atoms with van der Waals surface area (Å²) >= 11 is 7.22. The molecule has 2 rings (SSSR count). The molecular weight excluding hydrogens is 232 g/mol. The molecule has 0 radical (unpaired) electrons. The Balaban J connectivity index is 2.49. The van der Waals surface area contributed by atoms with E-state index in [4.69, 9.17) is 22.1 Å². The lowest BCUT2D eigenvalue weighted by molar-refractivity contribution is 0.415. The molecule has 1 aromatic heterocycles. The van der Waals surface area contributed by atoms with E-state index >= 15 is 0 Å². The summed E-state index contributed by atoms with van der Waals surface area (Å²) in [6.07, 6.45) is 0. The molecule has 0 saturated heterocycles. The third-order valence-electron chi connectivity index (χ3n) is 2.00. The number of nitrogens with two attached hydrogens (primary N) is 1. The first-order valence-corrected chi connectivity index (χ1v) is 5.42. The van der Waals surface area contributed by atoms with Crippen molar-refractivity contribution in [3.8, 4) is 17.0 Å². The van der Waals surface area contributed by atoms with Gasteiger partial charge in [0.25, 0.3) is 0 Å². The zero-order valence-electron chi connectivity index (χ0n) is 8.03. The Morgan fingerprint density at radius 1 is 1.47 bits per heavy atom. The molecule has 15 heavy (non-hydrogen) atoms. The van der Waals surface area contributed by atoms with Crippen LogP contribution in [0.15, 0.2) is 24.3 Å². The second kappa shape index (κ2) is 4.08. The molecule has 1 heterocycles. The summed E-state index contributed by atoms with van der Waals surface area (Å²) in [5, 5.41) is 1.04. The number of halogens is 1. The van der Waals surface area contributed by atoms with E-state index in [9.17, 15) is 0 Å². The lowest BCUT2D eigenvalue weighted by atomic mass is 10.1. The Morgan fingerprint density at radius 2 is 2.27 bits per heavy atom. The quantitative estimate of drug-likeness (QED) is 0.878. The van der Waals surface area contributed by atoms with Crippen molar-refractivity contribution < 1.29 is 4.74 Å². The van der Waals surface area contributed by atoms with Crippen molar-refractivity contribution in [3.63, 3.8) is 0 Å². The van der Waals surface area contributed by atoms with Gasteiger partial charge in [0.15, 0.2) is 0 Å². The van der Waals surface area contributed by atoms with Crippen LogP contribution in [0.5, 0.6) is 5.75 Å². The Kier molecular flexibility index (Phi) is 2.79. The Morgan fingerprint density at radius 3 is 2.87 bits per heavy atom. The van der Waals surface area contributed by atoms with Crippen molar-refractivity contribution in [2.75, 3.05) is 12.8 Å². The van der Waals surface area contributed by atoms with Crippen molar-refractivity contribution in [2.24, 2.45) is 0 Å². The van der Waals surface area contributed by atoms with E-state index in [1.165, 1.54) is 11.5 Å². The SMILES string of the molecule is COc1cccc(-c2nsc(N)c2Cl)c1. The molecule has 0 fully saturated rings. The summed E-state index contributed by atoms with van der Waals surface area (Å²) in [4.78, 5) is 0. The molecule has 0 unspecified atom stereocenters. The van der Waals surface area contributed by atoms with E-state index in [2.05, 4.69) is 4.37 Å². The van der Waals surface area contributed by atoms with Crippen LogP contribution in [0, 0.1) is 0 Å². The summed E-state index contributed by atoms with van der Waals surface area (Å²) in [6.45, 7) is 0. The van der Waals surface area contributed by atoms with Gasteiger partial charge in [-0.25, -0.2) is 0 Å². The van der Waals surface area contributed by atoms with Crippen LogP contribution in [0.4, 0.5) is 5.00 Å². The molecule has 0 amide bonds. The maximum absolute atomic E-state index is 6.02. The summed E-state index contributed by atoms with van der Waals surface area (Å²) in [5.74, 6) is 0.773. The molecule has 0 bridgehead atoms. The van der Waals surface area contributed by atoms with Gasteiger partial charge in [-0.15, -0.1) is 0 Å². The smallest absolute Gasteiger partial charge is 0.126 e. The van der Waals surface area contributed by atoms with Gasteiger partial charge in [-0.2, -0.15) is 4.37 Å². The first-order chi connectivity index (χ1) is 7.22. The monoisotopic (exact) mass is 240 g/mol. The van der Waals surface area contributed by atoms with Crippen molar-refractivity contribution in [3.05, 3.63) is 29.3 Å². The molecule has 0 atom stereocenters. The van der Waals surface area contributed by atoms with Gasteiger partial charge in [-0.1, -0.05) is 23.7 Å². The van der Waals surface area contributed by atoms with Crippen LogP contribution < -0.4 is 10.5 Å². The Labute approximate surface area is 96.6 Å². The van der Waals surface area contributed by atoms with Gasteiger partial charge in [0, 0.05) is 5.56 Å². The highest BCUT2D eigenvalue weighted by atomic mass is 35.5. The highest BCUT2D eigenvalue weighted by Crippen LogP contribution is 2.35. The second-order valence-corrected chi connectivity index (χ2v) is 4.12. The van der Waals surface area contributed by atoms with E-state index in [1.807, 2.05) is 24.3 Å². The third kappa shape index (κ3) is 1.91. The summed E-state index contributed by atoms with van der Waals surface area (Å²) in [5.41, 5.74) is 7.26. The van der Waals surface area contributed by atoms with Crippen molar-refractivity contribution >= 4 is 28.1 Å². The molecule has 0 aliphatic heterocycles. The predicted molar refractivity (Wildman–Crippen MR) is 63.5 cm³/mol. The van der Waals surface area contributed by atoms with Gasteiger partial charge in [-0.3, -0.25) is 0 Å². The van der Waals surface area contributed by atoms with E-state index < -0.39 is 0 Å². The number of benzene rings is 1. The zero-order chi connectivity index (χ0) is 10.8. The molecular formula is C10H9ClN2OS. The third-order valence-corrected chi connectivity index (χ3v) is 3.17. The number of hydrogen-bond donors (Lipinski definition) is 1. The fraction of sp³-hybridized carbons (Fsp3) is 0.100. The highest BCUT2D eigenvalue weighted by molar-refractivity contribution is 7.11. The average Bonchev–Trinajstić information content (AvgIpc) is 2.60. The maximum atomic E-state index is 6.02. The van der Waals surface area contributed by atoms with Gasteiger partial charge in [0.2, 0.25) is 0 Å². The fourth-order valence-electron chi connectivity index (χ4n) is 1.24. The Hall–Kier alpha value is -1.26. The molecule has 5 heteroatoms. The average molecular weight is 241 g/mol. The van der Waals surface area contributed by atoms with E-state index in [0.717, 1.165) is 11.3 Å². The van der Waals surface area contributed by atoms with Crippen molar-refractivity contribution in [1.29, 1.82) is 0 Å². The summed E-state index contributed by atoms with van der Waals surface area (Å²) < 4.78 is 9.31. The standard InChI is InChI=1S/C10H9ClN2OS/c1-14-7-4-2-3-6(5-7)9-8(11)10(12)15-13-9/h2-5H,12H2,1H3. The van der Waals surface area contributed by atoms with Crippen LogP contribution in [0.25, 0.3) is 11.3 Å².